The number of sulfone groups is 1. The van der Waals surface area contributed by atoms with E-state index in [-0.39, 0.29) is 11.5 Å². The monoisotopic (exact) mass is 419 g/mol. The molecule has 2 aromatic rings. The van der Waals surface area contributed by atoms with Gasteiger partial charge in [-0.1, -0.05) is 25.1 Å². The Balaban J connectivity index is 1.75. The van der Waals surface area contributed by atoms with Gasteiger partial charge in [-0.2, -0.15) is 0 Å². The minimum absolute atomic E-state index is 0.0546. The van der Waals surface area contributed by atoms with E-state index in [1.165, 1.54) is 18.2 Å². The fourth-order valence-electron chi connectivity index (χ4n) is 3.01. The fourth-order valence-corrected chi connectivity index (χ4v) is 4.58. The summed E-state index contributed by atoms with van der Waals surface area (Å²) in [4.78, 5) is 24.5. The molecule has 9 heteroatoms. The lowest BCUT2D eigenvalue weighted by molar-refractivity contribution is -0.116. The SMILES string of the molecule is CCCNC(=O)c1ccc2c(c1)NC(CS(=O)(=O)Cc1ccccc1F)C(=O)N2. The lowest BCUT2D eigenvalue weighted by Crippen LogP contribution is -2.43. The van der Waals surface area contributed by atoms with Gasteiger partial charge < -0.3 is 16.0 Å². The first-order valence-corrected chi connectivity index (χ1v) is 11.0. The summed E-state index contributed by atoms with van der Waals surface area (Å²) in [5, 5.41) is 8.30. The quantitative estimate of drug-likeness (QED) is 0.639. The minimum Gasteiger partial charge on any atom is -0.371 e. The molecule has 2 amide bonds. The number of rotatable bonds is 7. The minimum atomic E-state index is -3.77. The Kier molecular flexibility index (Phi) is 6.17. The first-order valence-electron chi connectivity index (χ1n) is 9.22. The number of anilines is 2. The lowest BCUT2D eigenvalue weighted by Gasteiger charge is -2.27. The second-order valence-corrected chi connectivity index (χ2v) is 8.96. The zero-order valence-corrected chi connectivity index (χ0v) is 16.7. The molecule has 0 saturated carbocycles. The van der Waals surface area contributed by atoms with Crippen LogP contribution < -0.4 is 16.0 Å². The number of carbonyl (C=O) groups is 2. The third-order valence-electron chi connectivity index (χ3n) is 4.48. The summed E-state index contributed by atoms with van der Waals surface area (Å²) < 4.78 is 38.8. The topological polar surface area (TPSA) is 104 Å². The normalized spacial score (nSPS) is 15.8. The van der Waals surface area contributed by atoms with E-state index in [9.17, 15) is 22.4 Å². The average molecular weight is 419 g/mol. The number of benzene rings is 2. The number of hydrogen-bond donors (Lipinski definition) is 3. The summed E-state index contributed by atoms with van der Waals surface area (Å²) in [7, 11) is -3.77. The highest BCUT2D eigenvalue weighted by atomic mass is 32.2. The van der Waals surface area contributed by atoms with Crippen LogP contribution in [-0.2, 0) is 20.4 Å². The van der Waals surface area contributed by atoms with Crippen molar-refractivity contribution in [1.29, 1.82) is 0 Å². The highest BCUT2D eigenvalue weighted by Gasteiger charge is 2.31. The Hall–Kier alpha value is -2.94. The van der Waals surface area contributed by atoms with Crippen LogP contribution in [0, 0.1) is 5.82 Å². The average Bonchev–Trinajstić information content (AvgIpc) is 2.67. The van der Waals surface area contributed by atoms with Crippen molar-refractivity contribution in [3.8, 4) is 0 Å². The largest absolute Gasteiger partial charge is 0.371 e. The zero-order valence-electron chi connectivity index (χ0n) is 15.9. The number of halogens is 1. The van der Waals surface area contributed by atoms with E-state index in [1.807, 2.05) is 6.92 Å². The first kappa shape index (κ1) is 20.8. The Bertz CT molecular complexity index is 1040. The van der Waals surface area contributed by atoms with Crippen molar-refractivity contribution in [2.75, 3.05) is 22.9 Å². The number of fused-ring (bicyclic) bond motifs is 1. The van der Waals surface area contributed by atoms with Gasteiger partial charge in [0.2, 0.25) is 5.91 Å². The van der Waals surface area contributed by atoms with E-state index < -0.39 is 39.1 Å². The highest BCUT2D eigenvalue weighted by Crippen LogP contribution is 2.28. The predicted molar refractivity (Wildman–Crippen MR) is 109 cm³/mol. The van der Waals surface area contributed by atoms with Crippen LogP contribution in [-0.4, -0.2) is 38.6 Å². The number of hydrogen-bond acceptors (Lipinski definition) is 5. The third kappa shape index (κ3) is 5.11. The molecule has 0 radical (unpaired) electrons. The van der Waals surface area contributed by atoms with Gasteiger partial charge in [0, 0.05) is 17.7 Å². The number of amides is 2. The predicted octanol–water partition coefficient (Wildman–Crippen LogP) is 2.31. The molecule has 1 aliphatic rings. The second kappa shape index (κ2) is 8.60. The summed E-state index contributed by atoms with van der Waals surface area (Å²) in [6.45, 7) is 2.48. The standard InChI is InChI=1S/C20H22FN3O4S/c1-2-9-22-19(25)13-7-8-16-17(10-13)23-18(20(26)24-16)12-29(27,28)11-14-5-3-4-6-15(14)21/h3-8,10,18,23H,2,9,11-12H2,1H3,(H,22,25)(H,24,26). The van der Waals surface area contributed by atoms with E-state index in [2.05, 4.69) is 16.0 Å². The molecule has 3 N–H and O–H groups in total. The zero-order chi connectivity index (χ0) is 21.0. The number of carbonyl (C=O) groups excluding carboxylic acids is 2. The second-order valence-electron chi connectivity index (χ2n) is 6.85. The van der Waals surface area contributed by atoms with Crippen LogP contribution in [0.3, 0.4) is 0 Å². The summed E-state index contributed by atoms with van der Waals surface area (Å²) in [6.07, 6.45) is 0.799. The van der Waals surface area contributed by atoms with Crippen molar-refractivity contribution in [2.45, 2.75) is 25.1 Å². The molecule has 0 aliphatic carbocycles. The van der Waals surface area contributed by atoms with Crippen molar-refractivity contribution >= 4 is 33.0 Å². The Morgan fingerprint density at radius 2 is 1.93 bits per heavy atom. The van der Waals surface area contributed by atoms with Crippen molar-refractivity contribution in [2.24, 2.45) is 0 Å². The van der Waals surface area contributed by atoms with Gasteiger partial charge in [0.05, 0.1) is 22.9 Å². The summed E-state index contributed by atoms with van der Waals surface area (Å²) in [5.41, 5.74) is 1.37. The van der Waals surface area contributed by atoms with E-state index >= 15 is 0 Å². The molecule has 2 aromatic carbocycles. The van der Waals surface area contributed by atoms with Crippen LogP contribution >= 0.6 is 0 Å². The van der Waals surface area contributed by atoms with Crippen LogP contribution in [0.4, 0.5) is 15.8 Å². The molecular weight excluding hydrogens is 397 g/mol. The Morgan fingerprint density at radius 1 is 1.17 bits per heavy atom. The van der Waals surface area contributed by atoms with Crippen molar-refractivity contribution in [3.63, 3.8) is 0 Å². The molecular formula is C20H22FN3O4S. The number of nitrogens with one attached hydrogen (secondary N) is 3. The molecule has 154 valence electrons. The van der Waals surface area contributed by atoms with Gasteiger partial charge in [0.25, 0.3) is 5.91 Å². The molecule has 3 rings (SSSR count). The summed E-state index contributed by atoms with van der Waals surface area (Å²) in [5.74, 6) is -2.36. The van der Waals surface area contributed by atoms with Crippen LogP contribution in [0.25, 0.3) is 0 Å². The molecule has 0 aromatic heterocycles. The molecule has 7 nitrogen and oxygen atoms in total. The first-order chi connectivity index (χ1) is 13.8. The van der Waals surface area contributed by atoms with Crippen molar-refractivity contribution < 1.29 is 22.4 Å². The van der Waals surface area contributed by atoms with Crippen LogP contribution in [0.2, 0.25) is 0 Å². The molecule has 1 unspecified atom stereocenters. The third-order valence-corrected chi connectivity index (χ3v) is 6.07. The summed E-state index contributed by atoms with van der Waals surface area (Å²) >= 11 is 0. The maximum atomic E-state index is 13.8. The smallest absolute Gasteiger partial charge is 0.251 e. The van der Waals surface area contributed by atoms with Crippen molar-refractivity contribution in [3.05, 3.63) is 59.4 Å². The summed E-state index contributed by atoms with van der Waals surface area (Å²) in [6, 6.07) is 9.32. The van der Waals surface area contributed by atoms with Crippen LogP contribution in [0.5, 0.6) is 0 Å². The van der Waals surface area contributed by atoms with Gasteiger partial charge >= 0.3 is 0 Å². The van der Waals surface area contributed by atoms with Gasteiger partial charge in [-0.25, -0.2) is 12.8 Å². The molecule has 1 heterocycles. The van der Waals surface area contributed by atoms with Crippen molar-refractivity contribution in [1.82, 2.24) is 5.32 Å². The van der Waals surface area contributed by atoms with Crippen LogP contribution in [0.1, 0.15) is 29.3 Å². The van der Waals surface area contributed by atoms with Crippen LogP contribution in [0.15, 0.2) is 42.5 Å². The maximum Gasteiger partial charge on any atom is 0.251 e. The van der Waals surface area contributed by atoms with E-state index in [0.29, 0.717) is 23.5 Å². The van der Waals surface area contributed by atoms with E-state index in [1.54, 1.807) is 24.3 Å². The fraction of sp³-hybridized carbons (Fsp3) is 0.300. The van der Waals surface area contributed by atoms with E-state index in [4.69, 9.17) is 0 Å². The molecule has 0 spiro atoms. The molecule has 0 saturated heterocycles. The van der Waals surface area contributed by atoms with E-state index in [0.717, 1.165) is 6.42 Å². The maximum absolute atomic E-state index is 13.8. The molecule has 1 atom stereocenters. The molecule has 0 fully saturated rings. The van der Waals surface area contributed by atoms with Gasteiger partial charge in [-0.15, -0.1) is 0 Å². The van der Waals surface area contributed by atoms with Gasteiger partial charge in [0.15, 0.2) is 9.84 Å². The highest BCUT2D eigenvalue weighted by molar-refractivity contribution is 7.90. The Labute approximate surface area is 168 Å². The Morgan fingerprint density at radius 3 is 2.66 bits per heavy atom. The van der Waals surface area contributed by atoms with Gasteiger partial charge in [0.1, 0.15) is 11.9 Å². The molecule has 1 aliphatic heterocycles. The molecule has 0 bridgehead atoms. The van der Waals surface area contributed by atoms with Gasteiger partial charge in [-0.3, -0.25) is 9.59 Å². The molecule has 29 heavy (non-hydrogen) atoms. The lowest BCUT2D eigenvalue weighted by atomic mass is 10.1. The van der Waals surface area contributed by atoms with Gasteiger partial charge in [-0.05, 0) is 30.7 Å².